The van der Waals surface area contributed by atoms with Gasteiger partial charge in [0.2, 0.25) is 5.43 Å². The van der Waals surface area contributed by atoms with Crippen LogP contribution in [0.2, 0.25) is 0 Å². The molecule has 0 unspecified atom stereocenters. The number of aromatic hydroxyl groups is 1. The van der Waals surface area contributed by atoms with Crippen LogP contribution in [0, 0.1) is 0 Å². The molecule has 0 spiro atoms. The molecule has 1 amide bonds. The maximum absolute atomic E-state index is 10.9. The summed E-state index contributed by atoms with van der Waals surface area (Å²) < 4.78 is 0. The van der Waals surface area contributed by atoms with Crippen molar-refractivity contribution in [3.63, 3.8) is 0 Å². The zero-order valence-corrected chi connectivity index (χ0v) is 6.77. The van der Waals surface area contributed by atoms with E-state index < -0.39 is 34.4 Å². The lowest BCUT2D eigenvalue weighted by Gasteiger charge is -2.01. The molecular formula is C7H6N2O5. The summed E-state index contributed by atoms with van der Waals surface area (Å²) in [6.07, 6.45) is 0. The van der Waals surface area contributed by atoms with Crippen LogP contribution in [0.4, 0.5) is 0 Å². The Morgan fingerprint density at radius 3 is 2.43 bits per heavy atom. The quantitative estimate of drug-likeness (QED) is 0.477. The molecule has 74 valence electrons. The number of aromatic carboxylic acids is 1. The van der Waals surface area contributed by atoms with Gasteiger partial charge in [0.15, 0.2) is 11.4 Å². The van der Waals surface area contributed by atoms with Gasteiger partial charge in [-0.1, -0.05) is 0 Å². The molecular weight excluding hydrogens is 192 g/mol. The molecule has 7 nitrogen and oxygen atoms in total. The van der Waals surface area contributed by atoms with Crippen LogP contribution in [-0.4, -0.2) is 27.1 Å². The Morgan fingerprint density at radius 2 is 2.00 bits per heavy atom. The van der Waals surface area contributed by atoms with E-state index in [9.17, 15) is 14.4 Å². The number of primary amides is 1. The maximum atomic E-state index is 10.9. The standard InChI is InChI=1S/C7H6N2O5/c8-6(12)4-5(11)3(10)1-2(9-4)7(13)14/h1,11H,(H2,8,12)(H,9,10)(H,13,14). The van der Waals surface area contributed by atoms with Crippen molar-refractivity contribution in [3.8, 4) is 5.75 Å². The third-order valence-corrected chi connectivity index (χ3v) is 1.48. The lowest BCUT2D eigenvalue weighted by atomic mass is 10.2. The van der Waals surface area contributed by atoms with Crippen LogP contribution in [0.1, 0.15) is 21.0 Å². The molecule has 7 heteroatoms. The minimum absolute atomic E-state index is 0.512. The number of carbonyl (C=O) groups excluding carboxylic acids is 1. The van der Waals surface area contributed by atoms with Crippen LogP contribution < -0.4 is 11.2 Å². The number of carboxylic acid groups (broad SMARTS) is 1. The van der Waals surface area contributed by atoms with Crippen molar-refractivity contribution in [2.45, 2.75) is 0 Å². The molecule has 1 heterocycles. The van der Waals surface area contributed by atoms with E-state index >= 15 is 0 Å². The van der Waals surface area contributed by atoms with Gasteiger partial charge in [-0.3, -0.25) is 9.59 Å². The molecule has 0 radical (unpaired) electrons. The monoisotopic (exact) mass is 198 g/mol. The number of H-pyrrole nitrogens is 1. The van der Waals surface area contributed by atoms with Crippen molar-refractivity contribution in [2.75, 3.05) is 0 Å². The first kappa shape index (κ1) is 9.78. The average Bonchev–Trinajstić information content (AvgIpc) is 2.08. The Bertz CT molecular complexity index is 462. The number of carboxylic acids is 1. The zero-order valence-electron chi connectivity index (χ0n) is 6.77. The molecule has 0 aliphatic heterocycles. The highest BCUT2D eigenvalue weighted by molar-refractivity contribution is 5.95. The first-order chi connectivity index (χ1) is 6.43. The van der Waals surface area contributed by atoms with Crippen molar-refractivity contribution in [2.24, 2.45) is 5.73 Å². The molecule has 14 heavy (non-hydrogen) atoms. The summed E-state index contributed by atoms with van der Waals surface area (Å²) >= 11 is 0. The molecule has 0 saturated carbocycles. The summed E-state index contributed by atoms with van der Waals surface area (Å²) in [4.78, 5) is 34.0. The second-order valence-corrected chi connectivity index (χ2v) is 2.44. The predicted octanol–water partition coefficient (Wildman–Crippen LogP) is -1.12. The molecule has 0 aliphatic rings. The average molecular weight is 198 g/mol. The third-order valence-electron chi connectivity index (χ3n) is 1.48. The Hall–Kier alpha value is -2.31. The summed E-state index contributed by atoms with van der Waals surface area (Å²) in [5, 5.41) is 17.5. The number of aromatic amines is 1. The first-order valence-corrected chi connectivity index (χ1v) is 3.43. The van der Waals surface area contributed by atoms with Crippen LogP contribution in [0.15, 0.2) is 10.9 Å². The number of aromatic nitrogens is 1. The highest BCUT2D eigenvalue weighted by Gasteiger charge is 2.15. The Balaban J connectivity index is 3.51. The summed E-state index contributed by atoms with van der Waals surface area (Å²) in [5.74, 6) is -3.42. The van der Waals surface area contributed by atoms with Crippen LogP contribution >= 0.6 is 0 Å². The fourth-order valence-electron chi connectivity index (χ4n) is 0.846. The second-order valence-electron chi connectivity index (χ2n) is 2.44. The van der Waals surface area contributed by atoms with E-state index in [1.165, 1.54) is 0 Å². The van der Waals surface area contributed by atoms with Crippen LogP contribution in [0.3, 0.4) is 0 Å². The number of nitrogens with two attached hydrogens (primary N) is 1. The topological polar surface area (TPSA) is 133 Å². The molecule has 1 rings (SSSR count). The molecule has 0 fully saturated rings. The molecule has 1 aromatic rings. The van der Waals surface area contributed by atoms with E-state index in [1.807, 2.05) is 4.98 Å². The third kappa shape index (κ3) is 1.56. The SMILES string of the molecule is NC(=O)c1[nH]c(C(=O)O)cc(=O)c1O. The maximum Gasteiger partial charge on any atom is 0.352 e. The lowest BCUT2D eigenvalue weighted by molar-refractivity contribution is 0.0690. The highest BCUT2D eigenvalue weighted by atomic mass is 16.4. The highest BCUT2D eigenvalue weighted by Crippen LogP contribution is 2.07. The normalized spacial score (nSPS) is 9.71. The number of pyridine rings is 1. The summed E-state index contributed by atoms with van der Waals surface area (Å²) in [6.45, 7) is 0. The zero-order chi connectivity index (χ0) is 10.9. The van der Waals surface area contributed by atoms with Gasteiger partial charge in [-0.25, -0.2) is 4.79 Å². The number of hydrogen-bond donors (Lipinski definition) is 4. The summed E-state index contributed by atoms with van der Waals surface area (Å²) in [6, 6.07) is 0.657. The van der Waals surface area contributed by atoms with Crippen LogP contribution in [0.25, 0.3) is 0 Å². The van der Waals surface area contributed by atoms with E-state index in [0.29, 0.717) is 6.07 Å². The largest absolute Gasteiger partial charge is 0.503 e. The van der Waals surface area contributed by atoms with Gasteiger partial charge in [0.25, 0.3) is 5.91 Å². The van der Waals surface area contributed by atoms with Crippen molar-refractivity contribution in [3.05, 3.63) is 27.7 Å². The molecule has 0 aliphatic carbocycles. The Kier molecular flexibility index (Phi) is 2.24. The van der Waals surface area contributed by atoms with Crippen molar-refractivity contribution in [1.29, 1.82) is 0 Å². The van der Waals surface area contributed by atoms with Gasteiger partial charge in [0.05, 0.1) is 0 Å². The lowest BCUT2D eigenvalue weighted by Crippen LogP contribution is -2.20. The Morgan fingerprint density at radius 1 is 1.43 bits per heavy atom. The van der Waals surface area contributed by atoms with Gasteiger partial charge < -0.3 is 20.9 Å². The van der Waals surface area contributed by atoms with Gasteiger partial charge in [-0.05, 0) is 0 Å². The smallest absolute Gasteiger partial charge is 0.352 e. The number of amides is 1. The van der Waals surface area contributed by atoms with E-state index in [4.69, 9.17) is 15.9 Å². The van der Waals surface area contributed by atoms with E-state index in [2.05, 4.69) is 0 Å². The number of carbonyl (C=O) groups is 2. The molecule has 0 atom stereocenters. The van der Waals surface area contributed by atoms with E-state index in [1.54, 1.807) is 0 Å². The minimum Gasteiger partial charge on any atom is -0.503 e. The number of hydrogen-bond acceptors (Lipinski definition) is 4. The predicted molar refractivity (Wildman–Crippen MR) is 44.2 cm³/mol. The van der Waals surface area contributed by atoms with Gasteiger partial charge in [-0.15, -0.1) is 0 Å². The number of rotatable bonds is 2. The van der Waals surface area contributed by atoms with E-state index in [0.717, 1.165) is 0 Å². The summed E-state index contributed by atoms with van der Waals surface area (Å²) in [7, 11) is 0. The fraction of sp³-hybridized carbons (Fsp3) is 0. The van der Waals surface area contributed by atoms with Crippen LogP contribution in [0.5, 0.6) is 5.75 Å². The second kappa shape index (κ2) is 3.21. The molecule has 1 aromatic heterocycles. The van der Waals surface area contributed by atoms with E-state index in [-0.39, 0.29) is 0 Å². The van der Waals surface area contributed by atoms with Crippen molar-refractivity contribution in [1.82, 2.24) is 4.98 Å². The molecule has 5 N–H and O–H groups in total. The molecule has 0 saturated heterocycles. The minimum atomic E-state index is -1.43. The van der Waals surface area contributed by atoms with Crippen LogP contribution in [-0.2, 0) is 0 Å². The molecule has 0 aromatic carbocycles. The van der Waals surface area contributed by atoms with Gasteiger partial charge in [0.1, 0.15) is 5.69 Å². The van der Waals surface area contributed by atoms with Crippen molar-refractivity contribution >= 4 is 11.9 Å². The van der Waals surface area contributed by atoms with Crippen molar-refractivity contribution < 1.29 is 19.8 Å². The van der Waals surface area contributed by atoms with Gasteiger partial charge in [0, 0.05) is 6.07 Å². The summed E-state index contributed by atoms with van der Waals surface area (Å²) in [5.41, 5.74) is 2.69. The fourth-order valence-corrected chi connectivity index (χ4v) is 0.846. The number of nitrogens with one attached hydrogen (secondary N) is 1. The Labute approximate surface area is 76.8 Å². The molecule has 0 bridgehead atoms. The van der Waals surface area contributed by atoms with Gasteiger partial charge in [-0.2, -0.15) is 0 Å². The van der Waals surface area contributed by atoms with Gasteiger partial charge >= 0.3 is 5.97 Å². The first-order valence-electron chi connectivity index (χ1n) is 3.43.